The minimum atomic E-state index is -0.360. The van der Waals surface area contributed by atoms with Gasteiger partial charge in [-0.05, 0) is 69.8 Å². The van der Waals surface area contributed by atoms with Gasteiger partial charge in [0.1, 0.15) is 0 Å². The first-order valence-corrected chi connectivity index (χ1v) is 20.9. The van der Waals surface area contributed by atoms with Crippen LogP contribution < -0.4 is 0 Å². The zero-order valence-corrected chi connectivity index (χ0v) is 34.9. The molecule has 10 rings (SSSR count). The van der Waals surface area contributed by atoms with Crippen molar-refractivity contribution in [2.45, 2.75) is 57.8 Å². The van der Waals surface area contributed by atoms with E-state index in [2.05, 4.69) is 245 Å². The third-order valence-corrected chi connectivity index (χ3v) is 13.4. The molecule has 59 heavy (non-hydrogen) atoms. The molecule has 0 saturated heterocycles. The van der Waals surface area contributed by atoms with Crippen LogP contribution in [-0.4, -0.2) is 9.13 Å². The Morgan fingerprint density at radius 2 is 0.644 bits per heavy atom. The maximum absolute atomic E-state index is 2.60. The fraction of sp³-hybridized carbons (Fsp3) is 0.158. The number of nitrogens with zero attached hydrogens (tertiary/aromatic N) is 2. The van der Waals surface area contributed by atoms with Gasteiger partial charge in [-0.2, -0.15) is 0 Å². The van der Waals surface area contributed by atoms with Crippen LogP contribution in [0.15, 0.2) is 194 Å². The quantitative estimate of drug-likeness (QED) is 0.146. The molecular weight excluding hydrogens is 713 g/mol. The summed E-state index contributed by atoms with van der Waals surface area (Å²) in [6, 6.07) is 71.9. The zero-order chi connectivity index (χ0) is 40.5. The summed E-state index contributed by atoms with van der Waals surface area (Å²) in [6.45, 7) is 14.4. The molecule has 0 amide bonds. The molecule has 0 saturated carbocycles. The summed E-state index contributed by atoms with van der Waals surface area (Å²) in [5.41, 5.74) is 14.0. The van der Waals surface area contributed by atoms with Crippen molar-refractivity contribution in [3.05, 3.63) is 228 Å². The van der Waals surface area contributed by atoms with E-state index < -0.39 is 0 Å². The largest absolute Gasteiger partial charge is 0.309 e. The van der Waals surface area contributed by atoms with Crippen molar-refractivity contribution in [1.29, 1.82) is 0 Å². The normalized spacial score (nSPS) is 12.6. The predicted octanol–water partition coefficient (Wildman–Crippen LogP) is 14.9. The number of hydrogen-bond acceptors (Lipinski definition) is 0. The van der Waals surface area contributed by atoms with Gasteiger partial charge in [-0.15, -0.1) is 0 Å². The highest BCUT2D eigenvalue weighted by Gasteiger charge is 2.37. The van der Waals surface area contributed by atoms with Crippen molar-refractivity contribution in [3.8, 4) is 11.4 Å². The summed E-state index contributed by atoms with van der Waals surface area (Å²) < 4.78 is 5.03. The van der Waals surface area contributed by atoms with Gasteiger partial charge in [0.15, 0.2) is 0 Å². The number of fused-ring (bicyclic) bond motifs is 6. The van der Waals surface area contributed by atoms with E-state index in [0.29, 0.717) is 0 Å². The Balaban J connectivity index is 1.34. The molecule has 0 aliphatic carbocycles. The molecule has 0 aliphatic rings. The molecule has 2 nitrogen and oxygen atoms in total. The summed E-state index contributed by atoms with van der Waals surface area (Å²) in [4.78, 5) is 0. The molecule has 0 bridgehead atoms. The Hall–Kier alpha value is -6.64. The molecular formula is C57H50N2. The fourth-order valence-corrected chi connectivity index (χ4v) is 9.77. The summed E-state index contributed by atoms with van der Waals surface area (Å²) in [5.74, 6) is 0. The van der Waals surface area contributed by atoms with Crippen LogP contribution in [0, 0.1) is 0 Å². The highest BCUT2D eigenvalue weighted by Crippen LogP contribution is 2.48. The van der Waals surface area contributed by atoms with Crippen LogP contribution in [0.4, 0.5) is 0 Å². The Morgan fingerprint density at radius 3 is 1.10 bits per heavy atom. The van der Waals surface area contributed by atoms with Crippen LogP contribution in [0.25, 0.3) is 55.0 Å². The monoisotopic (exact) mass is 762 g/mol. The average molecular weight is 763 g/mol. The summed E-state index contributed by atoms with van der Waals surface area (Å²) in [5, 5.41) is 5.01. The molecule has 0 radical (unpaired) electrons. The number of aromatic nitrogens is 2. The first-order chi connectivity index (χ1) is 28.6. The van der Waals surface area contributed by atoms with E-state index in [9.17, 15) is 0 Å². The topological polar surface area (TPSA) is 9.86 Å². The van der Waals surface area contributed by atoms with Crippen LogP contribution in [0.3, 0.4) is 0 Å². The van der Waals surface area contributed by atoms with Gasteiger partial charge in [0.25, 0.3) is 0 Å². The second kappa shape index (κ2) is 13.7. The lowest BCUT2D eigenvalue weighted by Crippen LogP contribution is -2.30. The molecule has 0 fully saturated rings. The summed E-state index contributed by atoms with van der Waals surface area (Å²) >= 11 is 0. The van der Waals surface area contributed by atoms with Crippen LogP contribution in [0.1, 0.15) is 74.9 Å². The van der Waals surface area contributed by atoms with E-state index in [4.69, 9.17) is 0 Å². The van der Waals surface area contributed by atoms with E-state index in [1.165, 1.54) is 82.7 Å². The molecule has 10 aromatic rings. The van der Waals surface area contributed by atoms with E-state index in [0.717, 1.165) is 5.69 Å². The summed E-state index contributed by atoms with van der Waals surface area (Å²) in [6.07, 6.45) is 0. The lowest BCUT2D eigenvalue weighted by molar-refractivity contribution is 0.591. The number of para-hydroxylation sites is 3. The fourth-order valence-electron chi connectivity index (χ4n) is 9.77. The van der Waals surface area contributed by atoms with E-state index >= 15 is 0 Å². The van der Waals surface area contributed by atoms with Gasteiger partial charge in [-0.3, -0.25) is 0 Å². The van der Waals surface area contributed by atoms with Crippen molar-refractivity contribution in [1.82, 2.24) is 9.13 Å². The van der Waals surface area contributed by atoms with Gasteiger partial charge < -0.3 is 9.13 Å². The molecule has 2 aromatic heterocycles. The molecule has 0 unspecified atom stereocenters. The highest BCUT2D eigenvalue weighted by atomic mass is 15.0. The van der Waals surface area contributed by atoms with Crippen LogP contribution in [0.2, 0.25) is 0 Å². The molecule has 0 atom stereocenters. The Kier molecular flexibility index (Phi) is 8.54. The predicted molar refractivity (Wildman–Crippen MR) is 251 cm³/mol. The zero-order valence-electron chi connectivity index (χ0n) is 34.9. The Morgan fingerprint density at radius 1 is 0.288 bits per heavy atom. The smallest absolute Gasteiger partial charge is 0.0544 e. The first-order valence-electron chi connectivity index (χ1n) is 20.9. The molecule has 2 heteroatoms. The molecule has 2 heterocycles. The highest BCUT2D eigenvalue weighted by molar-refractivity contribution is 6.12. The van der Waals surface area contributed by atoms with E-state index in [1.54, 1.807) is 0 Å². The van der Waals surface area contributed by atoms with Crippen LogP contribution in [-0.2, 0) is 16.2 Å². The molecule has 0 spiro atoms. The average Bonchev–Trinajstić information content (AvgIpc) is 3.79. The van der Waals surface area contributed by atoms with Crippen molar-refractivity contribution < 1.29 is 0 Å². The van der Waals surface area contributed by atoms with Crippen molar-refractivity contribution >= 4 is 43.6 Å². The lowest BCUT2D eigenvalue weighted by Gasteiger charge is -2.38. The van der Waals surface area contributed by atoms with Gasteiger partial charge in [-0.1, -0.05) is 199 Å². The third kappa shape index (κ3) is 5.76. The van der Waals surface area contributed by atoms with Gasteiger partial charge in [0.05, 0.1) is 27.8 Å². The standard InChI is InChI=1S/C57H50N2/c1-55(2,39-22-10-7-11-23-39)42-36-48(56(3,4)40-24-12-8-13-25-40)54(49(37-42)57(5,6)41-26-14-9-15-27-41)59-52-33-21-18-30-46(52)47-38-43(34-35-53(47)59)58-50-31-19-16-28-44(50)45-29-17-20-32-51(45)58/h7-38H,1-6H3. The Labute approximate surface area is 348 Å². The first kappa shape index (κ1) is 36.7. The Bertz CT molecular complexity index is 3030. The maximum atomic E-state index is 2.60. The molecule has 8 aromatic carbocycles. The third-order valence-electron chi connectivity index (χ3n) is 13.4. The second-order valence-corrected chi connectivity index (χ2v) is 17.8. The van der Waals surface area contributed by atoms with Crippen molar-refractivity contribution in [2.75, 3.05) is 0 Å². The number of benzene rings is 8. The summed E-state index contributed by atoms with van der Waals surface area (Å²) in [7, 11) is 0. The molecule has 0 aliphatic heterocycles. The minimum Gasteiger partial charge on any atom is -0.309 e. The number of rotatable bonds is 8. The van der Waals surface area contributed by atoms with Gasteiger partial charge in [0.2, 0.25) is 0 Å². The van der Waals surface area contributed by atoms with Crippen LogP contribution in [0.5, 0.6) is 0 Å². The number of hydrogen-bond donors (Lipinski definition) is 0. The SMILES string of the molecule is CC(C)(c1ccccc1)c1cc(C(C)(C)c2ccccc2)c(-n2c3ccccc3c3cc(-n4c5ccccc5c5ccccc54)ccc32)c(C(C)(C)c2ccccc2)c1. The van der Waals surface area contributed by atoms with Crippen molar-refractivity contribution in [3.63, 3.8) is 0 Å². The van der Waals surface area contributed by atoms with Gasteiger partial charge in [0, 0.05) is 43.5 Å². The van der Waals surface area contributed by atoms with Crippen molar-refractivity contribution in [2.24, 2.45) is 0 Å². The van der Waals surface area contributed by atoms with Crippen LogP contribution >= 0.6 is 0 Å². The van der Waals surface area contributed by atoms with E-state index in [-0.39, 0.29) is 16.2 Å². The maximum Gasteiger partial charge on any atom is 0.0544 e. The minimum absolute atomic E-state index is 0.263. The molecule has 288 valence electrons. The molecule has 0 N–H and O–H groups in total. The van der Waals surface area contributed by atoms with Gasteiger partial charge in [-0.25, -0.2) is 0 Å². The van der Waals surface area contributed by atoms with Gasteiger partial charge >= 0.3 is 0 Å². The van der Waals surface area contributed by atoms with E-state index in [1.807, 2.05) is 0 Å². The lowest BCUT2D eigenvalue weighted by atomic mass is 9.68. The second-order valence-electron chi connectivity index (χ2n) is 17.8.